The van der Waals surface area contributed by atoms with Gasteiger partial charge in [0.25, 0.3) is 0 Å². The number of carboxylic acid groups (broad SMARTS) is 2. The lowest BCUT2D eigenvalue weighted by Gasteiger charge is -2.34. The van der Waals surface area contributed by atoms with Crippen LogP contribution in [0, 0.1) is 17.3 Å². The minimum absolute atomic E-state index is 0.107. The second kappa shape index (κ2) is 4.73. The third-order valence-corrected chi connectivity index (χ3v) is 3.90. The van der Waals surface area contributed by atoms with Crippen LogP contribution in [0.1, 0.15) is 26.2 Å². The largest absolute Gasteiger partial charge is 0.480 e. The molecule has 0 aromatic rings. The van der Waals surface area contributed by atoms with E-state index in [1.165, 1.54) is 0 Å². The number of cyclic esters (lactones) is 2. The summed E-state index contributed by atoms with van der Waals surface area (Å²) in [6, 6.07) is 0. The van der Waals surface area contributed by atoms with Crippen LogP contribution in [-0.2, 0) is 23.9 Å². The van der Waals surface area contributed by atoms with Crippen LogP contribution in [0.2, 0.25) is 0 Å². The van der Waals surface area contributed by atoms with E-state index in [1.807, 2.05) is 0 Å². The molecular formula is C13H14O7. The molecule has 2 unspecified atom stereocenters. The number of allylic oxidation sites excluding steroid dienone is 2. The van der Waals surface area contributed by atoms with Gasteiger partial charge >= 0.3 is 23.9 Å². The summed E-state index contributed by atoms with van der Waals surface area (Å²) >= 11 is 0. The molecule has 0 saturated carbocycles. The second-order valence-corrected chi connectivity index (χ2v) is 5.35. The fraction of sp³-hybridized carbons (Fsp3) is 0.538. The van der Waals surface area contributed by atoms with Crippen molar-refractivity contribution < 1.29 is 34.1 Å². The van der Waals surface area contributed by atoms with E-state index < -0.39 is 41.1 Å². The number of ether oxygens (including phenoxy) is 1. The Kier molecular flexibility index (Phi) is 3.37. The van der Waals surface area contributed by atoms with Gasteiger partial charge in [0.05, 0.1) is 12.3 Å². The number of esters is 2. The predicted octanol–water partition coefficient (Wildman–Crippen LogP) is 0.588. The average molecular weight is 282 g/mol. The lowest BCUT2D eigenvalue weighted by atomic mass is 9.67. The molecule has 7 heteroatoms. The topological polar surface area (TPSA) is 118 Å². The minimum atomic E-state index is -1.95. The Morgan fingerprint density at radius 3 is 2.35 bits per heavy atom. The molecule has 1 aliphatic heterocycles. The van der Waals surface area contributed by atoms with Gasteiger partial charge in [0.1, 0.15) is 0 Å². The summed E-state index contributed by atoms with van der Waals surface area (Å²) in [6.07, 6.45) is 1.21. The quantitative estimate of drug-likeness (QED) is 0.441. The van der Waals surface area contributed by atoms with Gasteiger partial charge in [-0.3, -0.25) is 19.2 Å². The average Bonchev–Trinajstić information content (AvgIpc) is 2.67. The molecule has 0 spiro atoms. The summed E-state index contributed by atoms with van der Waals surface area (Å²) in [4.78, 5) is 45.5. The van der Waals surface area contributed by atoms with E-state index >= 15 is 0 Å². The summed E-state index contributed by atoms with van der Waals surface area (Å²) < 4.78 is 4.45. The molecule has 7 nitrogen and oxygen atoms in total. The first-order valence-electron chi connectivity index (χ1n) is 6.15. The third-order valence-electron chi connectivity index (χ3n) is 3.90. The predicted molar refractivity (Wildman–Crippen MR) is 63.4 cm³/mol. The Labute approximate surface area is 114 Å². The Hall–Kier alpha value is -2.18. The van der Waals surface area contributed by atoms with Crippen molar-refractivity contribution in [1.29, 1.82) is 0 Å². The summed E-state index contributed by atoms with van der Waals surface area (Å²) in [5.41, 5.74) is -1.37. The van der Waals surface area contributed by atoms with Crippen LogP contribution in [0.5, 0.6) is 0 Å². The van der Waals surface area contributed by atoms with E-state index in [-0.39, 0.29) is 19.3 Å². The van der Waals surface area contributed by atoms with Crippen molar-refractivity contribution in [2.24, 2.45) is 17.3 Å². The lowest BCUT2D eigenvalue weighted by Crippen LogP contribution is -2.44. The molecule has 0 bridgehead atoms. The normalized spacial score (nSPS) is 28.8. The fourth-order valence-electron chi connectivity index (χ4n) is 2.93. The van der Waals surface area contributed by atoms with Crippen LogP contribution in [0.4, 0.5) is 0 Å². The molecule has 0 aromatic heterocycles. The molecule has 2 rings (SSSR count). The van der Waals surface area contributed by atoms with Gasteiger partial charge in [0.15, 0.2) is 5.41 Å². The van der Waals surface area contributed by atoms with E-state index in [2.05, 4.69) is 4.74 Å². The summed E-state index contributed by atoms with van der Waals surface area (Å²) in [5.74, 6) is -5.64. The maximum Gasteiger partial charge on any atom is 0.321 e. The Balaban J connectivity index is 2.35. The maximum atomic E-state index is 11.6. The molecule has 1 saturated heterocycles. The first kappa shape index (κ1) is 14.2. The van der Waals surface area contributed by atoms with Crippen molar-refractivity contribution in [2.75, 3.05) is 0 Å². The molecule has 20 heavy (non-hydrogen) atoms. The van der Waals surface area contributed by atoms with Gasteiger partial charge in [-0.15, -0.1) is 0 Å². The van der Waals surface area contributed by atoms with Crippen molar-refractivity contribution in [3.8, 4) is 0 Å². The Bertz CT molecular complexity index is 517. The summed E-state index contributed by atoms with van der Waals surface area (Å²) in [6.45, 7) is 1.62. The standard InChI is InChI=1S/C13H14O7/c1-6-2-7(8-3-9(14)20-10(8)15)5-13(4-6,11(16)17)12(18)19/h2,7-8H,3-5H2,1H3,(H,16,17)(H,18,19). The third kappa shape index (κ3) is 2.19. The van der Waals surface area contributed by atoms with E-state index in [4.69, 9.17) is 0 Å². The molecule has 1 fully saturated rings. The highest BCUT2D eigenvalue weighted by Gasteiger charge is 2.53. The number of carboxylic acids is 2. The monoisotopic (exact) mass is 282 g/mol. The van der Waals surface area contributed by atoms with Crippen LogP contribution in [0.3, 0.4) is 0 Å². The molecule has 1 aliphatic carbocycles. The number of aliphatic carboxylic acids is 2. The van der Waals surface area contributed by atoms with E-state index in [9.17, 15) is 29.4 Å². The van der Waals surface area contributed by atoms with E-state index in [0.29, 0.717) is 5.57 Å². The highest BCUT2D eigenvalue weighted by atomic mass is 16.6. The van der Waals surface area contributed by atoms with Gasteiger partial charge in [-0.05, 0) is 25.7 Å². The van der Waals surface area contributed by atoms with Crippen molar-refractivity contribution in [1.82, 2.24) is 0 Å². The first-order chi connectivity index (χ1) is 9.26. The molecule has 2 aliphatic rings. The molecule has 2 N–H and O–H groups in total. The van der Waals surface area contributed by atoms with Crippen molar-refractivity contribution >= 4 is 23.9 Å². The number of hydrogen-bond donors (Lipinski definition) is 2. The number of hydrogen-bond acceptors (Lipinski definition) is 5. The smallest absolute Gasteiger partial charge is 0.321 e. The van der Waals surface area contributed by atoms with E-state index in [1.54, 1.807) is 13.0 Å². The van der Waals surface area contributed by atoms with Crippen molar-refractivity contribution in [3.63, 3.8) is 0 Å². The highest BCUT2D eigenvalue weighted by Crippen LogP contribution is 2.44. The van der Waals surface area contributed by atoms with Crippen molar-refractivity contribution in [3.05, 3.63) is 11.6 Å². The zero-order chi connectivity index (χ0) is 15.1. The molecule has 0 aromatic carbocycles. The van der Waals surface area contributed by atoms with Gasteiger partial charge in [-0.2, -0.15) is 0 Å². The molecule has 1 heterocycles. The molecule has 2 atom stereocenters. The fourth-order valence-corrected chi connectivity index (χ4v) is 2.93. The van der Waals surface area contributed by atoms with Gasteiger partial charge in [-0.1, -0.05) is 11.6 Å². The second-order valence-electron chi connectivity index (χ2n) is 5.35. The molecule has 0 radical (unpaired) electrons. The van der Waals surface area contributed by atoms with E-state index in [0.717, 1.165) is 0 Å². The number of carbonyl (C=O) groups excluding carboxylic acids is 2. The van der Waals surface area contributed by atoms with Gasteiger partial charge in [-0.25, -0.2) is 0 Å². The molecular weight excluding hydrogens is 268 g/mol. The zero-order valence-electron chi connectivity index (χ0n) is 10.8. The summed E-state index contributed by atoms with van der Waals surface area (Å²) in [5, 5.41) is 18.5. The van der Waals surface area contributed by atoms with Gasteiger partial charge in [0.2, 0.25) is 0 Å². The first-order valence-corrected chi connectivity index (χ1v) is 6.15. The minimum Gasteiger partial charge on any atom is -0.480 e. The SMILES string of the molecule is CC1=CC(C2CC(=O)OC2=O)CC(C(=O)O)(C(=O)O)C1. The Morgan fingerprint density at radius 2 is 1.90 bits per heavy atom. The highest BCUT2D eigenvalue weighted by molar-refractivity contribution is 5.99. The number of rotatable bonds is 3. The maximum absolute atomic E-state index is 11.6. The van der Waals surface area contributed by atoms with Gasteiger partial charge in [0, 0.05) is 0 Å². The van der Waals surface area contributed by atoms with Gasteiger partial charge < -0.3 is 14.9 Å². The van der Waals surface area contributed by atoms with Crippen LogP contribution < -0.4 is 0 Å². The zero-order valence-corrected chi connectivity index (χ0v) is 10.8. The summed E-state index contributed by atoms with van der Waals surface area (Å²) in [7, 11) is 0. The number of carbonyl (C=O) groups is 4. The van der Waals surface area contributed by atoms with Crippen molar-refractivity contribution in [2.45, 2.75) is 26.2 Å². The molecule has 108 valence electrons. The lowest BCUT2D eigenvalue weighted by molar-refractivity contribution is -0.167. The Morgan fingerprint density at radius 1 is 1.30 bits per heavy atom. The van der Waals surface area contributed by atoms with Crippen LogP contribution in [0.25, 0.3) is 0 Å². The van der Waals surface area contributed by atoms with Crippen LogP contribution in [0.15, 0.2) is 11.6 Å². The van der Waals surface area contributed by atoms with Crippen LogP contribution in [-0.4, -0.2) is 34.1 Å². The molecule has 0 amide bonds. The van der Waals surface area contributed by atoms with Crippen LogP contribution >= 0.6 is 0 Å².